The number of rotatable bonds is 7. The first-order valence-electron chi connectivity index (χ1n) is 8.21. The molecule has 5 heteroatoms. The highest BCUT2D eigenvalue weighted by molar-refractivity contribution is 6.74. The molecule has 0 aromatic heterocycles. The van der Waals surface area contributed by atoms with Gasteiger partial charge in [-0.05, 0) is 36.9 Å². The lowest BCUT2D eigenvalue weighted by Crippen LogP contribution is -2.42. The van der Waals surface area contributed by atoms with Gasteiger partial charge in [0, 0.05) is 13.2 Å². The number of nitrogens with one attached hydrogen (secondary N) is 1. The summed E-state index contributed by atoms with van der Waals surface area (Å²) < 4.78 is 11.5. The molecule has 0 bridgehead atoms. The van der Waals surface area contributed by atoms with Crippen LogP contribution >= 0.6 is 0 Å². The number of hydrogen-bond donors (Lipinski definition) is 1. The van der Waals surface area contributed by atoms with Gasteiger partial charge < -0.3 is 14.5 Å². The third kappa shape index (κ3) is 5.72. The smallest absolute Gasteiger partial charge is 0.323 e. The maximum absolute atomic E-state index is 11.9. The molecular weight excluding hydrogens is 282 g/mol. The number of hydrogen-bond acceptors (Lipinski definition) is 4. The Labute approximate surface area is 131 Å². The molecule has 4 nitrogen and oxygen atoms in total. The van der Waals surface area contributed by atoms with E-state index in [9.17, 15) is 4.79 Å². The lowest BCUT2D eigenvalue weighted by Gasteiger charge is -2.36. The standard InChI is InChI=1S/C16H33NO3Si/c1-7-8-9-19-15(18)14-10-13(11-17-14)12-20-21(5,6)16(2,3)4/h13-14,17H,7-12H2,1-6H3. The van der Waals surface area contributed by atoms with Crippen molar-refractivity contribution < 1.29 is 14.0 Å². The average Bonchev–Trinajstić information content (AvgIpc) is 2.84. The zero-order valence-corrected chi connectivity index (χ0v) is 15.6. The van der Waals surface area contributed by atoms with Gasteiger partial charge in [0.25, 0.3) is 0 Å². The van der Waals surface area contributed by atoms with E-state index in [4.69, 9.17) is 9.16 Å². The number of esters is 1. The fourth-order valence-electron chi connectivity index (χ4n) is 2.08. The first-order valence-corrected chi connectivity index (χ1v) is 11.1. The highest BCUT2D eigenvalue weighted by Crippen LogP contribution is 2.37. The predicted molar refractivity (Wildman–Crippen MR) is 88.9 cm³/mol. The molecule has 1 saturated heterocycles. The summed E-state index contributed by atoms with van der Waals surface area (Å²) in [7, 11) is -1.69. The van der Waals surface area contributed by atoms with Crippen LogP contribution in [0.15, 0.2) is 0 Å². The highest BCUT2D eigenvalue weighted by Gasteiger charge is 2.39. The summed E-state index contributed by atoms with van der Waals surface area (Å²) in [6.07, 6.45) is 2.82. The van der Waals surface area contributed by atoms with Crippen molar-refractivity contribution in [1.29, 1.82) is 0 Å². The van der Waals surface area contributed by atoms with Crippen molar-refractivity contribution in [1.82, 2.24) is 5.32 Å². The van der Waals surface area contributed by atoms with Gasteiger partial charge in [-0.2, -0.15) is 0 Å². The molecule has 21 heavy (non-hydrogen) atoms. The molecule has 0 amide bonds. The van der Waals surface area contributed by atoms with Crippen LogP contribution in [0.2, 0.25) is 18.1 Å². The van der Waals surface area contributed by atoms with Crippen molar-refractivity contribution in [3.63, 3.8) is 0 Å². The van der Waals surface area contributed by atoms with Gasteiger partial charge in [0.1, 0.15) is 6.04 Å². The lowest BCUT2D eigenvalue weighted by atomic mass is 10.1. The van der Waals surface area contributed by atoms with E-state index in [2.05, 4.69) is 46.1 Å². The molecule has 0 spiro atoms. The Morgan fingerprint density at radius 2 is 2.00 bits per heavy atom. The topological polar surface area (TPSA) is 47.6 Å². The molecule has 1 fully saturated rings. The summed E-state index contributed by atoms with van der Waals surface area (Å²) in [5.41, 5.74) is 0. The predicted octanol–water partition coefficient (Wildman–Crippen LogP) is 3.33. The van der Waals surface area contributed by atoms with Crippen LogP contribution < -0.4 is 5.32 Å². The first kappa shape index (κ1) is 18.7. The summed E-state index contributed by atoms with van der Waals surface area (Å²) in [6, 6.07) is -0.144. The van der Waals surface area contributed by atoms with Gasteiger partial charge in [-0.15, -0.1) is 0 Å². The average molecular weight is 316 g/mol. The Hall–Kier alpha value is -0.393. The number of carbonyl (C=O) groups is 1. The van der Waals surface area contributed by atoms with Gasteiger partial charge in [0.2, 0.25) is 0 Å². The first-order chi connectivity index (χ1) is 9.67. The minimum absolute atomic E-state index is 0.0988. The van der Waals surface area contributed by atoms with Crippen molar-refractivity contribution in [2.75, 3.05) is 19.8 Å². The Bertz CT molecular complexity index is 339. The van der Waals surface area contributed by atoms with E-state index in [-0.39, 0.29) is 17.0 Å². The van der Waals surface area contributed by atoms with E-state index < -0.39 is 8.32 Å². The van der Waals surface area contributed by atoms with Crippen LogP contribution in [0.5, 0.6) is 0 Å². The fourth-order valence-corrected chi connectivity index (χ4v) is 3.16. The van der Waals surface area contributed by atoms with Gasteiger partial charge in [-0.1, -0.05) is 34.1 Å². The molecule has 0 radical (unpaired) electrons. The molecule has 2 atom stereocenters. The third-order valence-corrected chi connectivity index (χ3v) is 9.24. The normalized spacial score (nSPS) is 23.3. The maximum atomic E-state index is 11.9. The largest absolute Gasteiger partial charge is 0.465 e. The quantitative estimate of drug-likeness (QED) is 0.445. The van der Waals surface area contributed by atoms with Crippen molar-refractivity contribution in [3.8, 4) is 0 Å². The summed E-state index contributed by atoms with van der Waals surface area (Å²) in [5, 5.41) is 3.50. The molecular formula is C16H33NO3Si. The van der Waals surface area contributed by atoms with E-state index >= 15 is 0 Å². The zero-order valence-electron chi connectivity index (χ0n) is 14.6. The van der Waals surface area contributed by atoms with Crippen LogP contribution in [0.4, 0.5) is 0 Å². The van der Waals surface area contributed by atoms with Gasteiger partial charge in [0.15, 0.2) is 8.32 Å². The summed E-state index contributed by atoms with van der Waals surface area (Å²) in [6.45, 7) is 15.5. The molecule has 1 N–H and O–H groups in total. The molecule has 2 unspecified atom stereocenters. The summed E-state index contributed by atoms with van der Waals surface area (Å²) in [5.74, 6) is 0.320. The second-order valence-corrected chi connectivity index (χ2v) is 12.5. The van der Waals surface area contributed by atoms with Crippen molar-refractivity contribution in [2.45, 2.75) is 71.1 Å². The summed E-state index contributed by atoms with van der Waals surface area (Å²) in [4.78, 5) is 11.9. The SMILES string of the molecule is CCCCOC(=O)C1CC(CO[Si](C)(C)C(C)(C)C)CN1. The van der Waals surface area contributed by atoms with Crippen molar-refractivity contribution in [2.24, 2.45) is 5.92 Å². The number of unbranched alkanes of at least 4 members (excludes halogenated alkanes) is 1. The highest BCUT2D eigenvalue weighted by atomic mass is 28.4. The zero-order chi connectivity index (χ0) is 16.1. The van der Waals surface area contributed by atoms with Crippen LogP contribution in [0.25, 0.3) is 0 Å². The van der Waals surface area contributed by atoms with E-state index in [1.54, 1.807) is 0 Å². The maximum Gasteiger partial charge on any atom is 0.323 e. The van der Waals surface area contributed by atoms with Crippen molar-refractivity contribution >= 4 is 14.3 Å². The van der Waals surface area contributed by atoms with E-state index in [1.165, 1.54) is 0 Å². The Morgan fingerprint density at radius 1 is 1.33 bits per heavy atom. The molecule has 1 heterocycles. The minimum Gasteiger partial charge on any atom is -0.465 e. The number of carbonyl (C=O) groups excluding carboxylic acids is 1. The van der Waals surface area contributed by atoms with Crippen molar-refractivity contribution in [3.05, 3.63) is 0 Å². The molecule has 0 aromatic carbocycles. The van der Waals surface area contributed by atoms with Crippen LogP contribution in [-0.4, -0.2) is 40.1 Å². The van der Waals surface area contributed by atoms with Crippen LogP contribution in [0.3, 0.4) is 0 Å². The minimum atomic E-state index is -1.69. The van der Waals surface area contributed by atoms with Crippen LogP contribution in [0, 0.1) is 5.92 Å². The molecule has 1 aliphatic rings. The molecule has 1 rings (SSSR count). The molecule has 124 valence electrons. The molecule has 0 aromatic rings. The van der Waals surface area contributed by atoms with Gasteiger partial charge in [0.05, 0.1) is 6.61 Å². The Morgan fingerprint density at radius 3 is 2.57 bits per heavy atom. The van der Waals surface area contributed by atoms with E-state index in [1.807, 2.05) is 0 Å². The van der Waals surface area contributed by atoms with Gasteiger partial charge in [-0.3, -0.25) is 4.79 Å². The fraction of sp³-hybridized carbons (Fsp3) is 0.938. The Balaban J connectivity index is 2.33. The Kier molecular flexibility index (Phi) is 6.88. The summed E-state index contributed by atoms with van der Waals surface area (Å²) >= 11 is 0. The molecule has 0 saturated carbocycles. The van der Waals surface area contributed by atoms with Crippen LogP contribution in [-0.2, 0) is 14.0 Å². The number of ether oxygens (including phenoxy) is 1. The van der Waals surface area contributed by atoms with E-state index in [0.717, 1.165) is 32.4 Å². The second-order valence-electron chi connectivity index (χ2n) is 7.65. The van der Waals surface area contributed by atoms with Crippen LogP contribution in [0.1, 0.15) is 47.0 Å². The monoisotopic (exact) mass is 315 g/mol. The lowest BCUT2D eigenvalue weighted by molar-refractivity contribution is -0.145. The molecule has 0 aliphatic carbocycles. The van der Waals surface area contributed by atoms with Gasteiger partial charge in [-0.25, -0.2) is 0 Å². The second kappa shape index (κ2) is 7.74. The van der Waals surface area contributed by atoms with E-state index in [0.29, 0.717) is 12.5 Å². The third-order valence-electron chi connectivity index (χ3n) is 4.73. The molecule has 1 aliphatic heterocycles. The van der Waals surface area contributed by atoms with Gasteiger partial charge >= 0.3 is 5.97 Å².